The number of hydrogen-bond donors (Lipinski definition) is 2. The number of benzene rings is 3. The van der Waals surface area contributed by atoms with E-state index in [1.807, 2.05) is 54.3 Å². The zero-order valence-corrected chi connectivity index (χ0v) is 19.0. The van der Waals surface area contributed by atoms with Crippen molar-refractivity contribution in [1.82, 2.24) is 9.80 Å². The molecule has 0 aromatic heterocycles. The van der Waals surface area contributed by atoms with Crippen molar-refractivity contribution in [3.63, 3.8) is 0 Å². The third-order valence-electron chi connectivity index (χ3n) is 5.50. The first-order valence-electron chi connectivity index (χ1n) is 11.1. The molecule has 0 aliphatic carbocycles. The summed E-state index contributed by atoms with van der Waals surface area (Å²) in [6, 6.07) is 22.4. The first kappa shape index (κ1) is 24.7. The number of rotatable bonds is 5. The van der Waals surface area contributed by atoms with Crippen LogP contribution in [-0.2, 0) is 16.1 Å². The molecule has 8 nitrogen and oxygen atoms in total. The van der Waals surface area contributed by atoms with Gasteiger partial charge in [-0.05, 0) is 41.5 Å². The number of hydrogen-bond acceptors (Lipinski definition) is 5. The smallest absolute Gasteiger partial charge is 0.414 e. The average molecular weight is 465 g/mol. The molecule has 8 heteroatoms. The predicted octanol–water partition coefficient (Wildman–Crippen LogP) is 3.35. The maximum atomic E-state index is 13.1. The predicted molar refractivity (Wildman–Crippen MR) is 128 cm³/mol. The second-order valence-corrected chi connectivity index (χ2v) is 7.78. The normalized spacial score (nSPS) is 13.6. The Hall–Kier alpha value is -3.91. The Morgan fingerprint density at radius 1 is 0.824 bits per heavy atom. The van der Waals surface area contributed by atoms with Gasteiger partial charge in [-0.25, -0.2) is 9.59 Å². The lowest BCUT2D eigenvalue weighted by Gasteiger charge is -2.35. The van der Waals surface area contributed by atoms with Crippen molar-refractivity contribution in [3.05, 3.63) is 77.9 Å². The lowest BCUT2D eigenvalue weighted by atomic mass is 10.0. The first-order valence-corrected chi connectivity index (χ1v) is 11.1. The second kappa shape index (κ2) is 11.8. The van der Waals surface area contributed by atoms with Gasteiger partial charge in [0.2, 0.25) is 0 Å². The number of carbonyl (C=O) groups is 3. The number of nitrogens with zero attached hydrogens (tertiary/aromatic N) is 2. The third kappa shape index (κ3) is 6.55. The highest BCUT2D eigenvalue weighted by molar-refractivity contribution is 6.27. The molecular weight excluding hydrogens is 436 g/mol. The zero-order valence-electron chi connectivity index (χ0n) is 19.0. The second-order valence-electron chi connectivity index (χ2n) is 7.78. The fourth-order valence-electron chi connectivity index (χ4n) is 3.81. The molecular formula is C26H28N2O6. The molecule has 0 unspecified atom stereocenters. The van der Waals surface area contributed by atoms with Gasteiger partial charge in [0.15, 0.2) is 0 Å². The number of aliphatic carboxylic acids is 2. The molecule has 2 N–H and O–H groups in total. The Kier molecular flexibility index (Phi) is 8.59. The topological polar surface area (TPSA) is 107 Å². The van der Waals surface area contributed by atoms with Crippen LogP contribution in [0.15, 0.2) is 66.7 Å². The van der Waals surface area contributed by atoms with Crippen LogP contribution in [0.4, 0.5) is 0 Å². The van der Waals surface area contributed by atoms with E-state index in [1.165, 1.54) is 5.56 Å². The van der Waals surface area contributed by atoms with Crippen molar-refractivity contribution in [2.24, 2.45) is 0 Å². The number of amides is 1. The summed E-state index contributed by atoms with van der Waals surface area (Å²) >= 11 is 0. The molecule has 1 aliphatic rings. The monoisotopic (exact) mass is 464 g/mol. The van der Waals surface area contributed by atoms with E-state index < -0.39 is 11.9 Å². The molecule has 3 aromatic carbocycles. The molecule has 1 saturated heterocycles. The molecule has 1 aliphatic heterocycles. The van der Waals surface area contributed by atoms with Crippen molar-refractivity contribution in [2.75, 3.05) is 32.8 Å². The summed E-state index contributed by atoms with van der Waals surface area (Å²) < 4.78 is 5.51. The van der Waals surface area contributed by atoms with Crippen LogP contribution in [0.2, 0.25) is 0 Å². The Labute approximate surface area is 198 Å². The summed E-state index contributed by atoms with van der Waals surface area (Å²) in [4.78, 5) is 35.7. The molecule has 0 atom stereocenters. The summed E-state index contributed by atoms with van der Waals surface area (Å²) in [6.07, 6.45) is 0. The quantitative estimate of drug-likeness (QED) is 0.558. The molecule has 1 fully saturated rings. The maximum Gasteiger partial charge on any atom is 0.414 e. The molecule has 0 spiro atoms. The number of carboxylic acid groups (broad SMARTS) is 2. The third-order valence-corrected chi connectivity index (χ3v) is 5.50. The van der Waals surface area contributed by atoms with E-state index in [2.05, 4.69) is 29.2 Å². The van der Waals surface area contributed by atoms with E-state index in [0.717, 1.165) is 54.8 Å². The van der Waals surface area contributed by atoms with E-state index in [4.69, 9.17) is 24.5 Å². The van der Waals surface area contributed by atoms with Crippen LogP contribution in [0, 0.1) is 0 Å². The van der Waals surface area contributed by atoms with Crippen molar-refractivity contribution >= 4 is 28.6 Å². The Bertz CT molecular complexity index is 1120. The lowest BCUT2D eigenvalue weighted by Crippen LogP contribution is -2.48. The van der Waals surface area contributed by atoms with E-state index >= 15 is 0 Å². The fourth-order valence-corrected chi connectivity index (χ4v) is 3.81. The van der Waals surface area contributed by atoms with Gasteiger partial charge in [0, 0.05) is 38.3 Å². The van der Waals surface area contributed by atoms with E-state index in [-0.39, 0.29) is 5.91 Å². The van der Waals surface area contributed by atoms with E-state index in [1.54, 1.807) is 0 Å². The average Bonchev–Trinajstić information content (AvgIpc) is 2.85. The largest absolute Gasteiger partial charge is 0.494 e. The molecule has 34 heavy (non-hydrogen) atoms. The Morgan fingerprint density at radius 2 is 1.44 bits per heavy atom. The van der Waals surface area contributed by atoms with Crippen LogP contribution >= 0.6 is 0 Å². The van der Waals surface area contributed by atoms with Gasteiger partial charge in [0.1, 0.15) is 5.75 Å². The number of carbonyl (C=O) groups excluding carboxylic acids is 1. The highest BCUT2D eigenvalue weighted by Crippen LogP contribution is 2.21. The van der Waals surface area contributed by atoms with Gasteiger partial charge in [-0.15, -0.1) is 0 Å². The SMILES string of the molecule is CCOc1ccc(CN2CCN(C(=O)c3cccc4ccccc34)CC2)cc1.O=C(O)C(=O)O. The van der Waals surface area contributed by atoms with Crippen LogP contribution < -0.4 is 4.74 Å². The van der Waals surface area contributed by atoms with Crippen LogP contribution in [0.5, 0.6) is 5.75 Å². The molecule has 4 rings (SSSR count). The molecule has 0 saturated carbocycles. The molecule has 178 valence electrons. The molecule has 0 bridgehead atoms. The minimum atomic E-state index is -1.82. The van der Waals surface area contributed by atoms with Gasteiger partial charge in [0.25, 0.3) is 5.91 Å². The minimum absolute atomic E-state index is 0.137. The molecule has 3 aromatic rings. The Balaban J connectivity index is 0.000000481. The summed E-state index contributed by atoms with van der Waals surface area (Å²) in [5, 5.41) is 16.9. The number of piperazine rings is 1. The number of fused-ring (bicyclic) bond motifs is 1. The standard InChI is InChI=1S/C24H26N2O2.C2H2O4/c1-2-28-21-12-10-19(11-13-21)18-25-14-16-26(17-15-25)24(27)23-9-5-7-20-6-3-4-8-22(20)23;3-1(4)2(5)6/h3-13H,2,14-18H2,1H3;(H,3,4)(H,5,6). The van der Waals surface area contributed by atoms with Gasteiger partial charge in [0.05, 0.1) is 6.61 Å². The van der Waals surface area contributed by atoms with E-state index in [0.29, 0.717) is 6.61 Å². The van der Waals surface area contributed by atoms with Gasteiger partial charge < -0.3 is 19.8 Å². The van der Waals surface area contributed by atoms with Crippen molar-refractivity contribution < 1.29 is 29.3 Å². The zero-order chi connectivity index (χ0) is 24.5. The van der Waals surface area contributed by atoms with Gasteiger partial charge >= 0.3 is 11.9 Å². The highest BCUT2D eigenvalue weighted by atomic mass is 16.5. The van der Waals surface area contributed by atoms with E-state index in [9.17, 15) is 4.79 Å². The van der Waals surface area contributed by atoms with Gasteiger partial charge in [-0.3, -0.25) is 9.69 Å². The maximum absolute atomic E-state index is 13.1. The first-order chi connectivity index (χ1) is 16.4. The van der Waals surface area contributed by atoms with Crippen LogP contribution in [0.25, 0.3) is 10.8 Å². The summed E-state index contributed by atoms with van der Waals surface area (Å²) in [5.74, 6) is -2.60. The summed E-state index contributed by atoms with van der Waals surface area (Å²) in [5.41, 5.74) is 2.08. The van der Waals surface area contributed by atoms with Crippen LogP contribution in [0.1, 0.15) is 22.8 Å². The number of carboxylic acids is 2. The summed E-state index contributed by atoms with van der Waals surface area (Å²) in [7, 11) is 0. The fraction of sp³-hybridized carbons (Fsp3) is 0.269. The molecule has 0 radical (unpaired) electrons. The minimum Gasteiger partial charge on any atom is -0.494 e. The van der Waals surface area contributed by atoms with Crippen molar-refractivity contribution in [1.29, 1.82) is 0 Å². The van der Waals surface area contributed by atoms with Crippen LogP contribution in [0.3, 0.4) is 0 Å². The molecule has 1 heterocycles. The Morgan fingerprint density at radius 3 is 2.06 bits per heavy atom. The van der Waals surface area contributed by atoms with Gasteiger partial charge in [-0.2, -0.15) is 0 Å². The molecule has 1 amide bonds. The highest BCUT2D eigenvalue weighted by Gasteiger charge is 2.23. The lowest BCUT2D eigenvalue weighted by molar-refractivity contribution is -0.159. The van der Waals surface area contributed by atoms with Gasteiger partial charge in [-0.1, -0.05) is 48.5 Å². The summed E-state index contributed by atoms with van der Waals surface area (Å²) in [6.45, 7) is 6.90. The van der Waals surface area contributed by atoms with Crippen molar-refractivity contribution in [3.8, 4) is 5.75 Å². The van der Waals surface area contributed by atoms with Crippen LogP contribution in [-0.4, -0.2) is 70.6 Å². The van der Waals surface area contributed by atoms with Crippen molar-refractivity contribution in [2.45, 2.75) is 13.5 Å². The number of ether oxygens (including phenoxy) is 1.